The van der Waals surface area contributed by atoms with Gasteiger partial charge in [0.2, 0.25) is 5.91 Å². The van der Waals surface area contributed by atoms with E-state index in [0.29, 0.717) is 5.56 Å². The van der Waals surface area contributed by atoms with E-state index in [2.05, 4.69) is 10.9 Å². The molecule has 2 N–H and O–H groups in total. The number of anilines is 1. The Kier molecular flexibility index (Phi) is 5.67. The minimum absolute atomic E-state index is 0.0863. The van der Waals surface area contributed by atoms with Crippen LogP contribution in [0.4, 0.5) is 15.8 Å². The Balaban J connectivity index is 1.61. The fourth-order valence-electron chi connectivity index (χ4n) is 2.63. The van der Waals surface area contributed by atoms with Crippen molar-refractivity contribution in [2.45, 2.75) is 6.42 Å². The number of hydrazine groups is 1. The van der Waals surface area contributed by atoms with E-state index in [4.69, 9.17) is 4.74 Å². The van der Waals surface area contributed by atoms with Crippen molar-refractivity contribution in [3.63, 3.8) is 0 Å². The van der Waals surface area contributed by atoms with E-state index in [1.165, 1.54) is 36.4 Å². The third kappa shape index (κ3) is 4.83. The molecule has 0 saturated heterocycles. The molecule has 0 saturated carbocycles. The van der Waals surface area contributed by atoms with Crippen LogP contribution in [0.25, 0.3) is 0 Å². The van der Waals surface area contributed by atoms with Gasteiger partial charge in [-0.25, -0.2) is 4.39 Å². The van der Waals surface area contributed by atoms with Gasteiger partial charge in [0.25, 0.3) is 17.5 Å². The zero-order valence-corrected chi connectivity index (χ0v) is 14.9. The van der Waals surface area contributed by atoms with E-state index in [1.807, 2.05) is 0 Å². The highest BCUT2D eigenvalue weighted by Gasteiger charge is 2.29. The Bertz CT molecular complexity index is 979. The number of amides is 3. The molecule has 1 aliphatic rings. The molecule has 0 atom stereocenters. The quantitative estimate of drug-likeness (QED) is 0.563. The second-order valence-corrected chi connectivity index (χ2v) is 6.08. The lowest BCUT2D eigenvalue weighted by Gasteiger charge is -2.28. The van der Waals surface area contributed by atoms with Crippen LogP contribution in [0.5, 0.6) is 5.75 Å². The highest BCUT2D eigenvalue weighted by atomic mass is 19.1. The molecule has 2 aromatic rings. The van der Waals surface area contributed by atoms with Gasteiger partial charge in [0.05, 0.1) is 17.0 Å². The van der Waals surface area contributed by atoms with Gasteiger partial charge in [0, 0.05) is 12.1 Å². The van der Waals surface area contributed by atoms with Crippen molar-refractivity contribution in [1.82, 2.24) is 10.9 Å². The zero-order valence-electron chi connectivity index (χ0n) is 14.9. The lowest BCUT2D eigenvalue weighted by Crippen LogP contribution is -2.50. The third-order valence-corrected chi connectivity index (χ3v) is 4.02. The van der Waals surface area contributed by atoms with Gasteiger partial charge in [0.1, 0.15) is 18.1 Å². The van der Waals surface area contributed by atoms with E-state index in [9.17, 15) is 28.9 Å². The maximum absolute atomic E-state index is 12.9. The Labute approximate surface area is 163 Å². The molecule has 0 bridgehead atoms. The minimum Gasteiger partial charge on any atom is -0.482 e. The summed E-state index contributed by atoms with van der Waals surface area (Å²) < 4.78 is 18.1. The first-order valence-electron chi connectivity index (χ1n) is 8.37. The molecule has 0 aliphatic carbocycles. The molecule has 0 fully saturated rings. The molecule has 1 heterocycles. The second-order valence-electron chi connectivity index (χ2n) is 6.08. The Morgan fingerprint density at radius 2 is 1.83 bits per heavy atom. The normalized spacial score (nSPS) is 12.6. The smallest absolute Gasteiger partial charge is 0.271 e. The van der Waals surface area contributed by atoms with Crippen LogP contribution in [-0.2, 0) is 20.8 Å². The molecular formula is C18H15FN4O6. The first kappa shape index (κ1) is 19.7. The van der Waals surface area contributed by atoms with Crippen LogP contribution in [0.15, 0.2) is 42.5 Å². The monoisotopic (exact) mass is 402 g/mol. The fraction of sp³-hybridized carbons (Fsp3) is 0.167. The summed E-state index contributed by atoms with van der Waals surface area (Å²) in [5.41, 5.74) is 4.73. The van der Waals surface area contributed by atoms with Crippen molar-refractivity contribution in [3.05, 3.63) is 64.0 Å². The minimum atomic E-state index is -0.717. The molecule has 3 amide bonds. The number of nitrogens with one attached hydrogen (secondary N) is 2. The van der Waals surface area contributed by atoms with Gasteiger partial charge in [-0.3, -0.25) is 40.2 Å². The third-order valence-electron chi connectivity index (χ3n) is 4.02. The summed E-state index contributed by atoms with van der Waals surface area (Å²) in [7, 11) is 0. The Morgan fingerprint density at radius 3 is 2.52 bits per heavy atom. The number of carbonyl (C=O) groups excluding carboxylic acids is 3. The topological polar surface area (TPSA) is 131 Å². The van der Waals surface area contributed by atoms with Crippen LogP contribution in [0.2, 0.25) is 0 Å². The molecule has 1 aliphatic heterocycles. The molecule has 11 heteroatoms. The zero-order chi connectivity index (χ0) is 21.0. The van der Waals surface area contributed by atoms with Crippen molar-refractivity contribution in [2.75, 3.05) is 18.1 Å². The van der Waals surface area contributed by atoms with Gasteiger partial charge in [-0.15, -0.1) is 0 Å². The SMILES string of the molecule is O=C(Cc1ccc(F)cc1)NNC(=O)CN1C(=O)COc2ccc([N+](=O)[O-])cc21. The van der Waals surface area contributed by atoms with Gasteiger partial charge in [0.15, 0.2) is 6.61 Å². The van der Waals surface area contributed by atoms with E-state index in [0.717, 1.165) is 11.0 Å². The second kappa shape index (κ2) is 8.33. The number of non-ortho nitro benzene ring substituents is 1. The van der Waals surface area contributed by atoms with Gasteiger partial charge in [-0.1, -0.05) is 12.1 Å². The molecular weight excluding hydrogens is 387 g/mol. The number of nitrogens with zero attached hydrogens (tertiary/aromatic N) is 2. The summed E-state index contributed by atoms with van der Waals surface area (Å²) >= 11 is 0. The summed E-state index contributed by atoms with van der Waals surface area (Å²) in [5, 5.41) is 11.0. The van der Waals surface area contributed by atoms with Crippen molar-refractivity contribution in [1.29, 1.82) is 0 Å². The van der Waals surface area contributed by atoms with E-state index in [-0.39, 0.29) is 30.2 Å². The van der Waals surface area contributed by atoms with E-state index >= 15 is 0 Å². The standard InChI is InChI=1S/C18H15FN4O6/c19-12-3-1-11(2-4-12)7-16(24)20-21-17(25)9-22-14-8-13(23(27)28)5-6-15(14)29-10-18(22)26/h1-6,8H,7,9-10H2,(H,20,24)(H,21,25). The van der Waals surface area contributed by atoms with Gasteiger partial charge >= 0.3 is 0 Å². The highest BCUT2D eigenvalue weighted by Crippen LogP contribution is 2.35. The fourth-order valence-corrected chi connectivity index (χ4v) is 2.63. The van der Waals surface area contributed by atoms with Crippen LogP contribution in [0.1, 0.15) is 5.56 Å². The summed E-state index contributed by atoms with van der Waals surface area (Å²) in [6.45, 7) is -0.803. The predicted molar refractivity (Wildman–Crippen MR) is 97.3 cm³/mol. The van der Waals surface area contributed by atoms with Crippen LogP contribution in [0.3, 0.4) is 0 Å². The van der Waals surface area contributed by atoms with Crippen molar-refractivity contribution < 1.29 is 28.4 Å². The largest absolute Gasteiger partial charge is 0.482 e. The van der Waals surface area contributed by atoms with Gasteiger partial charge < -0.3 is 4.74 Å². The summed E-state index contributed by atoms with van der Waals surface area (Å²) in [5.74, 6) is -2.04. The number of rotatable bonds is 5. The van der Waals surface area contributed by atoms with Gasteiger partial charge in [-0.2, -0.15) is 0 Å². The van der Waals surface area contributed by atoms with Crippen molar-refractivity contribution >= 4 is 29.1 Å². The van der Waals surface area contributed by atoms with Crippen LogP contribution in [-0.4, -0.2) is 35.8 Å². The molecule has 0 aromatic heterocycles. The van der Waals surface area contributed by atoms with Crippen LogP contribution in [0, 0.1) is 15.9 Å². The molecule has 29 heavy (non-hydrogen) atoms. The number of halogens is 1. The maximum atomic E-state index is 12.9. The number of hydrogen-bond acceptors (Lipinski definition) is 6. The highest BCUT2D eigenvalue weighted by molar-refractivity contribution is 6.02. The first-order valence-corrected chi connectivity index (χ1v) is 8.37. The lowest BCUT2D eigenvalue weighted by atomic mass is 10.1. The molecule has 3 rings (SSSR count). The number of carbonyl (C=O) groups is 3. The summed E-state index contributed by atoms with van der Waals surface area (Å²) in [6.07, 6.45) is -0.0912. The van der Waals surface area contributed by atoms with E-state index in [1.54, 1.807) is 0 Å². The number of benzene rings is 2. The Morgan fingerprint density at radius 1 is 1.14 bits per heavy atom. The molecule has 0 radical (unpaired) electrons. The number of hydrogen-bond donors (Lipinski definition) is 2. The number of nitro benzene ring substituents is 1. The Hall–Kier alpha value is -4.02. The molecule has 10 nitrogen and oxygen atoms in total. The number of fused-ring (bicyclic) bond motifs is 1. The average Bonchev–Trinajstić information content (AvgIpc) is 2.70. The summed E-state index contributed by atoms with van der Waals surface area (Å²) in [4.78, 5) is 47.5. The lowest BCUT2D eigenvalue weighted by molar-refractivity contribution is -0.384. The first-order chi connectivity index (χ1) is 13.8. The average molecular weight is 402 g/mol. The molecule has 2 aromatic carbocycles. The maximum Gasteiger partial charge on any atom is 0.271 e. The molecule has 0 spiro atoms. The van der Waals surface area contributed by atoms with Crippen LogP contribution < -0.4 is 20.5 Å². The van der Waals surface area contributed by atoms with Crippen molar-refractivity contribution in [2.24, 2.45) is 0 Å². The number of ether oxygens (including phenoxy) is 1. The van der Waals surface area contributed by atoms with Crippen LogP contribution >= 0.6 is 0 Å². The van der Waals surface area contributed by atoms with Gasteiger partial charge in [-0.05, 0) is 23.8 Å². The summed E-state index contributed by atoms with van der Waals surface area (Å²) in [6, 6.07) is 8.99. The van der Waals surface area contributed by atoms with Crippen molar-refractivity contribution in [3.8, 4) is 5.75 Å². The van der Waals surface area contributed by atoms with E-state index < -0.39 is 35.0 Å². The predicted octanol–water partition coefficient (Wildman–Crippen LogP) is 0.849. The molecule has 0 unspecified atom stereocenters. The number of nitro groups is 1. The molecule has 150 valence electrons.